The minimum absolute atomic E-state index is 0.144. The van der Waals surface area contributed by atoms with Crippen LogP contribution in [0.4, 0.5) is 4.79 Å². The first-order valence-corrected chi connectivity index (χ1v) is 14.4. The summed E-state index contributed by atoms with van der Waals surface area (Å²) in [6.45, 7) is 0.916. The van der Waals surface area contributed by atoms with Gasteiger partial charge in [0.15, 0.2) is 0 Å². The number of rotatable bonds is 7. The lowest BCUT2D eigenvalue weighted by molar-refractivity contribution is -0.151. The lowest BCUT2D eigenvalue weighted by atomic mass is 10.0. The molecule has 43 heavy (non-hydrogen) atoms. The van der Waals surface area contributed by atoms with E-state index in [2.05, 4.69) is 15.8 Å². The molecule has 2 aromatic heterocycles. The maximum atomic E-state index is 12.4. The van der Waals surface area contributed by atoms with Gasteiger partial charge in [0, 0.05) is 34.6 Å². The number of thioether (sulfide) groups is 1. The molecule has 2 aliphatic rings. The van der Waals surface area contributed by atoms with Crippen LogP contribution >= 0.6 is 23.1 Å². The zero-order valence-electron chi connectivity index (χ0n) is 22.7. The fourth-order valence-corrected chi connectivity index (χ4v) is 5.90. The molecule has 2 aliphatic heterocycles. The van der Waals surface area contributed by atoms with Crippen molar-refractivity contribution in [2.75, 3.05) is 19.1 Å². The molecule has 6 N–H and O–H groups in total. The molecule has 5 rings (SSSR count). The Morgan fingerprint density at radius 1 is 1.09 bits per heavy atom. The molecule has 0 bridgehead atoms. The van der Waals surface area contributed by atoms with E-state index in [-0.39, 0.29) is 37.0 Å². The highest BCUT2D eigenvalue weighted by molar-refractivity contribution is 8.00. The number of β-lactam (4-membered cyclic amide) rings is 1. The van der Waals surface area contributed by atoms with Crippen molar-refractivity contribution in [2.24, 2.45) is 11.5 Å². The number of carbonyl (C=O) groups is 5. The van der Waals surface area contributed by atoms with E-state index >= 15 is 0 Å². The molecular weight excluding hydrogens is 604 g/mol. The predicted octanol–water partition coefficient (Wildman–Crippen LogP) is 1.38. The first kappa shape index (κ1) is 32.8. The number of primary amides is 1. The molecule has 14 nitrogen and oxygen atoms in total. The number of nitrogens with two attached hydrogens (primary N) is 2. The summed E-state index contributed by atoms with van der Waals surface area (Å²) in [7, 11) is 0. The molecule has 0 unspecified atom stereocenters. The van der Waals surface area contributed by atoms with Gasteiger partial charge in [-0.2, -0.15) is 0 Å². The Morgan fingerprint density at radius 3 is 2.44 bits per heavy atom. The van der Waals surface area contributed by atoms with Gasteiger partial charge in [-0.05, 0) is 23.6 Å². The Hall–Kier alpha value is -4.67. The summed E-state index contributed by atoms with van der Waals surface area (Å²) in [5, 5.41) is 14.5. The number of hydrogen-bond donors (Lipinski definition) is 4. The third-order valence-corrected chi connectivity index (χ3v) is 7.90. The summed E-state index contributed by atoms with van der Waals surface area (Å²) in [4.78, 5) is 69.4. The van der Waals surface area contributed by atoms with Crippen molar-refractivity contribution < 1.29 is 43.0 Å². The molecule has 3 aromatic rings. The van der Waals surface area contributed by atoms with Crippen LogP contribution in [-0.4, -0.2) is 70.4 Å². The smallest absolute Gasteiger partial charge is 0.405 e. The molecule has 228 valence electrons. The summed E-state index contributed by atoms with van der Waals surface area (Å²) in [5.74, 6) is -2.23. The summed E-state index contributed by atoms with van der Waals surface area (Å²) in [6, 6.07) is 13.5. The van der Waals surface area contributed by atoms with Crippen molar-refractivity contribution in [1.29, 1.82) is 0 Å². The van der Waals surface area contributed by atoms with Gasteiger partial charge in [-0.1, -0.05) is 24.3 Å². The number of nitrogens with one attached hydrogen (secondary N) is 1. The van der Waals surface area contributed by atoms with E-state index < -0.39 is 35.4 Å². The lowest BCUT2D eigenvalue weighted by Crippen LogP contribution is -2.70. The number of carbonyl (C=O) groups excluding carboxylic acids is 4. The molecule has 2 atom stereocenters. The van der Waals surface area contributed by atoms with Gasteiger partial charge in [-0.15, -0.1) is 23.1 Å². The summed E-state index contributed by atoms with van der Waals surface area (Å²) >= 11 is 2.79. The maximum Gasteiger partial charge on any atom is 0.405 e. The normalized spacial score (nSPS) is 16.8. The minimum atomic E-state index is -1.26. The summed E-state index contributed by atoms with van der Waals surface area (Å²) < 4.78 is 13.7. The van der Waals surface area contributed by atoms with Crippen LogP contribution in [0.2, 0.25) is 0 Å². The number of carboxylic acid groups (broad SMARTS) is 1. The molecule has 0 spiro atoms. The van der Waals surface area contributed by atoms with E-state index in [0.717, 1.165) is 15.2 Å². The topological polar surface area (TPSA) is 222 Å². The molecular formula is C27H28N4O10S2. The molecule has 3 amide bonds. The van der Waals surface area contributed by atoms with Crippen molar-refractivity contribution in [3.8, 4) is 0 Å². The second-order valence-corrected chi connectivity index (χ2v) is 10.8. The van der Waals surface area contributed by atoms with E-state index in [1.54, 1.807) is 12.1 Å². The van der Waals surface area contributed by atoms with E-state index in [1.165, 1.54) is 36.1 Å². The molecule has 0 saturated carbocycles. The average molecular weight is 633 g/mol. The highest BCUT2D eigenvalue weighted by Crippen LogP contribution is 2.40. The monoisotopic (exact) mass is 632 g/mol. The van der Waals surface area contributed by atoms with Crippen molar-refractivity contribution >= 4 is 63.9 Å². The van der Waals surface area contributed by atoms with Crippen LogP contribution < -0.4 is 22.4 Å². The molecule has 0 radical (unpaired) electrons. The molecule has 1 saturated heterocycles. The SMILES string of the molecule is CC(=O)OCC1=C(C(=O)O)N2C(=O)[C@@H](NC(=O)Cc3cccs3)[C@H]2SC1.NCOC(N)=O.O=c1ccc2ccccc2o1. The average Bonchev–Trinajstić information content (AvgIpc) is 3.47. The quantitative estimate of drug-likeness (QED) is 0.126. The third-order valence-electron chi connectivity index (χ3n) is 5.68. The van der Waals surface area contributed by atoms with Gasteiger partial charge in [-0.3, -0.25) is 25.0 Å². The zero-order valence-corrected chi connectivity index (χ0v) is 24.4. The lowest BCUT2D eigenvalue weighted by Gasteiger charge is -2.49. The van der Waals surface area contributed by atoms with Crippen LogP contribution in [0.3, 0.4) is 0 Å². The number of nitrogens with zero attached hydrogens (tertiary/aromatic N) is 1. The Balaban J connectivity index is 0.000000243. The van der Waals surface area contributed by atoms with Crippen LogP contribution in [0.5, 0.6) is 0 Å². The van der Waals surface area contributed by atoms with E-state index in [4.69, 9.17) is 14.9 Å². The number of esters is 1. The Morgan fingerprint density at radius 2 is 1.84 bits per heavy atom. The standard InChI is InChI=1S/C16H16N2O6S2.C9H6O2.C2H6N2O2/c1-8(19)24-6-9-7-26-15-12(14(21)18(15)13(9)16(22)23)17-11(20)5-10-3-2-4-25-10;10-9-6-5-7-3-1-2-4-8(7)11-9;3-1-6-2(4)5/h2-4,12,15H,5-7H2,1H3,(H,17,20)(H,22,23);1-6H;1,3H2,(H2,4,5)/t12-,15-;;/m1../s1. The van der Waals surface area contributed by atoms with Gasteiger partial charge >= 0.3 is 23.7 Å². The minimum Gasteiger partial charge on any atom is -0.477 e. The third kappa shape index (κ3) is 9.16. The second-order valence-electron chi connectivity index (χ2n) is 8.67. The Labute approximate surface area is 252 Å². The van der Waals surface area contributed by atoms with Gasteiger partial charge in [0.05, 0.1) is 6.42 Å². The van der Waals surface area contributed by atoms with Crippen LogP contribution in [0.15, 0.2) is 74.4 Å². The van der Waals surface area contributed by atoms with Gasteiger partial charge in [0.1, 0.15) is 36.0 Å². The maximum absolute atomic E-state index is 12.4. The van der Waals surface area contributed by atoms with Crippen LogP contribution in [-0.2, 0) is 35.1 Å². The zero-order chi connectivity index (χ0) is 31.5. The van der Waals surface area contributed by atoms with Gasteiger partial charge in [0.25, 0.3) is 5.91 Å². The fourth-order valence-electron chi connectivity index (χ4n) is 3.87. The second kappa shape index (κ2) is 15.5. The highest BCUT2D eigenvalue weighted by atomic mass is 32.2. The largest absolute Gasteiger partial charge is 0.477 e. The molecule has 1 fully saturated rings. The van der Waals surface area contributed by atoms with Gasteiger partial charge in [0.2, 0.25) is 5.91 Å². The number of ether oxygens (including phenoxy) is 2. The number of thiophene rings is 1. The van der Waals surface area contributed by atoms with Crippen molar-refractivity contribution in [2.45, 2.75) is 24.8 Å². The van der Waals surface area contributed by atoms with Crippen molar-refractivity contribution in [3.63, 3.8) is 0 Å². The number of hydrogen-bond acceptors (Lipinski definition) is 12. The van der Waals surface area contributed by atoms with Crippen molar-refractivity contribution in [3.05, 3.63) is 80.5 Å². The van der Waals surface area contributed by atoms with Gasteiger partial charge < -0.3 is 30.0 Å². The van der Waals surface area contributed by atoms with Crippen LogP contribution in [0.25, 0.3) is 11.0 Å². The summed E-state index contributed by atoms with van der Waals surface area (Å²) in [5.41, 5.74) is 9.71. The van der Waals surface area contributed by atoms with E-state index in [0.29, 0.717) is 16.9 Å². The molecule has 1 aromatic carbocycles. The number of para-hydroxylation sites is 1. The van der Waals surface area contributed by atoms with Crippen LogP contribution in [0.1, 0.15) is 11.8 Å². The fraction of sp³-hybridized carbons (Fsp3) is 0.259. The number of fused-ring (bicyclic) bond motifs is 2. The van der Waals surface area contributed by atoms with E-state index in [1.807, 2.05) is 35.7 Å². The molecule has 16 heteroatoms. The molecule has 0 aliphatic carbocycles. The highest BCUT2D eigenvalue weighted by Gasteiger charge is 2.54. The number of carboxylic acids is 1. The van der Waals surface area contributed by atoms with E-state index in [9.17, 15) is 33.9 Å². The Kier molecular flexibility index (Phi) is 11.9. The first-order chi connectivity index (χ1) is 20.5. The number of amides is 3. The predicted molar refractivity (Wildman–Crippen MR) is 157 cm³/mol. The summed E-state index contributed by atoms with van der Waals surface area (Å²) in [6.07, 6.45) is -0.657. The molecule has 4 heterocycles. The Bertz CT molecular complexity index is 1570. The number of benzene rings is 1. The van der Waals surface area contributed by atoms with Gasteiger partial charge in [-0.25, -0.2) is 14.4 Å². The first-order valence-electron chi connectivity index (χ1n) is 12.5. The number of aliphatic carboxylic acids is 1. The van der Waals surface area contributed by atoms with Crippen LogP contribution in [0, 0.1) is 0 Å². The van der Waals surface area contributed by atoms with Crippen molar-refractivity contribution in [1.82, 2.24) is 10.2 Å².